The van der Waals surface area contributed by atoms with E-state index in [2.05, 4.69) is 10.0 Å². The number of hydrogen-bond donors (Lipinski definition) is 2. The molecule has 0 aliphatic carbocycles. The van der Waals surface area contributed by atoms with Gasteiger partial charge in [0.1, 0.15) is 0 Å². The van der Waals surface area contributed by atoms with Crippen LogP contribution in [0.25, 0.3) is 0 Å². The zero-order valence-electron chi connectivity index (χ0n) is 17.9. The summed E-state index contributed by atoms with van der Waals surface area (Å²) < 4.78 is 33.1. The minimum absolute atomic E-state index is 0.0324. The average molecular weight is 468 g/mol. The first-order chi connectivity index (χ1) is 15.9. The Labute approximate surface area is 192 Å². The average Bonchev–Trinajstić information content (AvgIpc) is 3.39. The first kappa shape index (κ1) is 22.8. The third kappa shape index (κ3) is 5.68. The number of sulfonamides is 1. The summed E-state index contributed by atoms with van der Waals surface area (Å²) in [6, 6.07) is 18.4. The van der Waals surface area contributed by atoms with E-state index in [1.54, 1.807) is 29.2 Å². The summed E-state index contributed by atoms with van der Waals surface area (Å²) in [7, 11) is -3.77. The SMILES string of the molecule is O=C(NC1CCN(C(=O)c2ccco2)CC1)c1cccc(S(=O)(=O)NCc2ccccc2)c1. The lowest BCUT2D eigenvalue weighted by Gasteiger charge is -2.31. The van der Waals surface area contributed by atoms with E-state index < -0.39 is 10.0 Å². The van der Waals surface area contributed by atoms with Gasteiger partial charge in [0, 0.05) is 31.2 Å². The molecule has 1 aromatic heterocycles. The van der Waals surface area contributed by atoms with Crippen molar-refractivity contribution in [3.63, 3.8) is 0 Å². The second-order valence-electron chi connectivity index (χ2n) is 7.86. The fourth-order valence-electron chi connectivity index (χ4n) is 3.71. The van der Waals surface area contributed by atoms with E-state index in [9.17, 15) is 18.0 Å². The molecule has 0 unspecified atom stereocenters. The minimum atomic E-state index is -3.77. The van der Waals surface area contributed by atoms with Crippen LogP contribution in [0.3, 0.4) is 0 Å². The van der Waals surface area contributed by atoms with E-state index in [0.29, 0.717) is 31.7 Å². The maximum absolute atomic E-state index is 12.8. The maximum atomic E-state index is 12.8. The molecule has 1 aliphatic rings. The topological polar surface area (TPSA) is 109 Å². The van der Waals surface area contributed by atoms with Gasteiger partial charge in [0.05, 0.1) is 11.2 Å². The number of amides is 2. The summed E-state index contributed by atoms with van der Waals surface area (Å²) in [5.41, 5.74) is 1.11. The van der Waals surface area contributed by atoms with Crippen LogP contribution in [0, 0.1) is 0 Å². The number of carbonyl (C=O) groups is 2. The highest BCUT2D eigenvalue weighted by Gasteiger charge is 2.26. The van der Waals surface area contributed by atoms with Crippen molar-refractivity contribution in [1.82, 2.24) is 14.9 Å². The van der Waals surface area contributed by atoms with Crippen molar-refractivity contribution in [2.75, 3.05) is 13.1 Å². The lowest BCUT2D eigenvalue weighted by molar-refractivity contribution is 0.0667. The number of piperidine rings is 1. The van der Waals surface area contributed by atoms with Crippen molar-refractivity contribution in [2.45, 2.75) is 30.3 Å². The Morgan fingerprint density at radius 1 is 0.970 bits per heavy atom. The van der Waals surface area contributed by atoms with Gasteiger partial charge in [-0.05, 0) is 48.7 Å². The van der Waals surface area contributed by atoms with Gasteiger partial charge in [0.2, 0.25) is 10.0 Å². The number of benzene rings is 2. The van der Waals surface area contributed by atoms with Crippen LogP contribution in [0.2, 0.25) is 0 Å². The zero-order chi connectivity index (χ0) is 23.3. The van der Waals surface area contributed by atoms with Gasteiger partial charge in [-0.25, -0.2) is 13.1 Å². The normalized spacial score (nSPS) is 14.7. The van der Waals surface area contributed by atoms with Gasteiger partial charge in [-0.3, -0.25) is 9.59 Å². The number of hydrogen-bond acceptors (Lipinski definition) is 5. The molecule has 9 heteroatoms. The molecule has 1 fully saturated rings. The highest BCUT2D eigenvalue weighted by Crippen LogP contribution is 2.16. The molecule has 1 saturated heterocycles. The predicted molar refractivity (Wildman–Crippen MR) is 122 cm³/mol. The number of likely N-dealkylation sites (tertiary alicyclic amines) is 1. The van der Waals surface area contributed by atoms with Gasteiger partial charge in [0.25, 0.3) is 11.8 Å². The Hall–Kier alpha value is -3.43. The fraction of sp³-hybridized carbons (Fsp3) is 0.250. The van der Waals surface area contributed by atoms with Crippen molar-refractivity contribution in [1.29, 1.82) is 0 Å². The van der Waals surface area contributed by atoms with Crippen LogP contribution in [0.1, 0.15) is 39.3 Å². The quantitative estimate of drug-likeness (QED) is 0.555. The molecule has 2 N–H and O–H groups in total. The lowest BCUT2D eigenvalue weighted by atomic mass is 10.0. The summed E-state index contributed by atoms with van der Waals surface area (Å²) in [6.07, 6.45) is 2.68. The van der Waals surface area contributed by atoms with Crippen LogP contribution < -0.4 is 10.0 Å². The fourth-order valence-corrected chi connectivity index (χ4v) is 4.78. The first-order valence-corrected chi connectivity index (χ1v) is 12.2. The molecule has 4 rings (SSSR count). The summed E-state index contributed by atoms with van der Waals surface area (Å²) in [6.45, 7) is 1.17. The second-order valence-corrected chi connectivity index (χ2v) is 9.62. The van der Waals surface area contributed by atoms with Crippen LogP contribution in [0.15, 0.2) is 82.3 Å². The molecule has 33 heavy (non-hydrogen) atoms. The largest absolute Gasteiger partial charge is 0.459 e. The molecule has 2 heterocycles. The van der Waals surface area contributed by atoms with Gasteiger partial charge < -0.3 is 14.6 Å². The van der Waals surface area contributed by atoms with Crippen molar-refractivity contribution in [2.24, 2.45) is 0 Å². The first-order valence-electron chi connectivity index (χ1n) is 10.7. The van der Waals surface area contributed by atoms with Crippen LogP contribution >= 0.6 is 0 Å². The van der Waals surface area contributed by atoms with Gasteiger partial charge in [-0.2, -0.15) is 0 Å². The third-order valence-corrected chi connectivity index (χ3v) is 6.96. The number of nitrogens with one attached hydrogen (secondary N) is 2. The molecule has 2 aromatic carbocycles. The van der Waals surface area contributed by atoms with E-state index >= 15 is 0 Å². The van der Waals surface area contributed by atoms with E-state index in [-0.39, 0.29) is 34.9 Å². The number of nitrogens with zero attached hydrogens (tertiary/aromatic N) is 1. The Balaban J connectivity index is 1.33. The summed E-state index contributed by atoms with van der Waals surface area (Å²) >= 11 is 0. The Morgan fingerprint density at radius 2 is 1.73 bits per heavy atom. The van der Waals surface area contributed by atoms with Crippen LogP contribution in [0.4, 0.5) is 0 Å². The van der Waals surface area contributed by atoms with Crippen molar-refractivity contribution < 1.29 is 22.4 Å². The van der Waals surface area contributed by atoms with Gasteiger partial charge >= 0.3 is 0 Å². The smallest absolute Gasteiger partial charge is 0.289 e. The van der Waals surface area contributed by atoms with E-state index in [1.165, 1.54) is 18.4 Å². The second kappa shape index (κ2) is 10.0. The van der Waals surface area contributed by atoms with Gasteiger partial charge in [0.15, 0.2) is 5.76 Å². The molecule has 2 amide bonds. The van der Waals surface area contributed by atoms with Crippen LogP contribution in [0.5, 0.6) is 0 Å². The molecular formula is C24H25N3O5S. The molecule has 0 bridgehead atoms. The minimum Gasteiger partial charge on any atom is -0.459 e. The summed E-state index contributed by atoms with van der Waals surface area (Å²) in [5.74, 6) is -0.201. The summed E-state index contributed by atoms with van der Waals surface area (Å²) in [5, 5.41) is 2.95. The predicted octanol–water partition coefficient (Wildman–Crippen LogP) is 2.79. The van der Waals surface area contributed by atoms with E-state index in [0.717, 1.165) is 5.56 Å². The van der Waals surface area contributed by atoms with Gasteiger partial charge in [-0.15, -0.1) is 0 Å². The maximum Gasteiger partial charge on any atom is 0.289 e. The Bertz CT molecular complexity index is 1200. The number of carbonyl (C=O) groups excluding carboxylic acids is 2. The highest BCUT2D eigenvalue weighted by atomic mass is 32.2. The monoisotopic (exact) mass is 467 g/mol. The van der Waals surface area contributed by atoms with E-state index in [4.69, 9.17) is 4.42 Å². The molecule has 3 aromatic rings. The molecular weight excluding hydrogens is 442 g/mol. The highest BCUT2D eigenvalue weighted by molar-refractivity contribution is 7.89. The molecule has 172 valence electrons. The molecule has 0 atom stereocenters. The Morgan fingerprint density at radius 3 is 2.42 bits per heavy atom. The third-order valence-electron chi connectivity index (χ3n) is 5.57. The van der Waals surface area contributed by atoms with Crippen molar-refractivity contribution >= 4 is 21.8 Å². The standard InChI is InChI=1S/C24H25N3O5S/c28-23(26-20-11-13-27(14-12-20)24(29)22-10-5-15-32-22)19-8-4-9-21(16-19)33(30,31)25-17-18-6-2-1-3-7-18/h1-10,15-16,20,25H,11-14,17H2,(H,26,28). The lowest BCUT2D eigenvalue weighted by Crippen LogP contribution is -2.46. The van der Waals surface area contributed by atoms with Crippen LogP contribution in [-0.2, 0) is 16.6 Å². The molecule has 1 aliphatic heterocycles. The molecule has 0 radical (unpaired) electrons. The molecule has 8 nitrogen and oxygen atoms in total. The summed E-state index contributed by atoms with van der Waals surface area (Å²) in [4.78, 5) is 26.9. The molecule has 0 spiro atoms. The number of furan rings is 1. The molecule has 0 saturated carbocycles. The van der Waals surface area contributed by atoms with E-state index in [1.807, 2.05) is 30.3 Å². The van der Waals surface area contributed by atoms with Gasteiger partial charge in [-0.1, -0.05) is 36.4 Å². The van der Waals surface area contributed by atoms with Crippen LogP contribution in [-0.4, -0.2) is 44.3 Å². The number of rotatable bonds is 7. The Kier molecular flexibility index (Phi) is 6.90. The zero-order valence-corrected chi connectivity index (χ0v) is 18.8. The van der Waals surface area contributed by atoms with Crippen molar-refractivity contribution in [3.05, 3.63) is 89.9 Å². The van der Waals surface area contributed by atoms with Crippen molar-refractivity contribution in [3.8, 4) is 0 Å².